The highest BCUT2D eigenvalue weighted by Gasteiger charge is 2.24. The third kappa shape index (κ3) is 5.21. The number of hydrogen-bond donors (Lipinski definition) is 1. The van der Waals surface area contributed by atoms with Crippen molar-refractivity contribution in [2.24, 2.45) is 0 Å². The summed E-state index contributed by atoms with van der Waals surface area (Å²) in [5, 5.41) is 3.73. The van der Waals surface area contributed by atoms with Crippen molar-refractivity contribution in [2.45, 2.75) is 18.9 Å². The maximum atomic E-state index is 12.8. The van der Waals surface area contributed by atoms with E-state index >= 15 is 0 Å². The van der Waals surface area contributed by atoms with Gasteiger partial charge in [0.25, 0.3) is 5.91 Å². The fraction of sp³-hybridized carbons (Fsp3) is 0.304. The molecule has 4 rings (SSSR count). The first-order valence-electron chi connectivity index (χ1n) is 9.95. The van der Waals surface area contributed by atoms with Crippen LogP contribution in [-0.2, 0) is 0 Å². The number of nitrogens with one attached hydrogen (secondary N) is 1. The van der Waals surface area contributed by atoms with Gasteiger partial charge in [0.05, 0.1) is 18.5 Å². The molecule has 31 heavy (non-hydrogen) atoms. The van der Waals surface area contributed by atoms with E-state index in [9.17, 15) is 9.59 Å². The Balaban J connectivity index is 0.00000272. The number of hydrogen-bond acceptors (Lipinski definition) is 5. The summed E-state index contributed by atoms with van der Waals surface area (Å²) in [5.41, 5.74) is 1.14. The number of methoxy groups -OCH3 is 1. The fourth-order valence-electron chi connectivity index (χ4n) is 3.85. The minimum absolute atomic E-state index is 0. The molecule has 1 aliphatic rings. The summed E-state index contributed by atoms with van der Waals surface area (Å²) in [5.74, 6) is 0.368. The first-order valence-corrected chi connectivity index (χ1v) is 10.3. The van der Waals surface area contributed by atoms with Gasteiger partial charge in [0.1, 0.15) is 11.3 Å². The van der Waals surface area contributed by atoms with E-state index in [2.05, 4.69) is 10.2 Å². The van der Waals surface area contributed by atoms with Gasteiger partial charge in [0.15, 0.2) is 11.2 Å². The zero-order valence-electron chi connectivity index (χ0n) is 17.1. The molecular formula is C23H24Cl2N2O4. The number of carbonyl (C=O) groups is 1. The Kier molecular flexibility index (Phi) is 7.59. The van der Waals surface area contributed by atoms with Crippen LogP contribution >= 0.6 is 24.0 Å². The Labute approximate surface area is 191 Å². The Morgan fingerprint density at radius 2 is 1.87 bits per heavy atom. The highest BCUT2D eigenvalue weighted by molar-refractivity contribution is 6.31. The molecule has 1 aliphatic heterocycles. The van der Waals surface area contributed by atoms with E-state index < -0.39 is 5.91 Å². The summed E-state index contributed by atoms with van der Waals surface area (Å²) >= 11 is 5.94. The SMILES string of the molecule is COc1ccc(C(CNC(=O)c2cc(=O)c3cc(Cl)ccc3o2)N2CCCC2)cc1.Cl. The van der Waals surface area contributed by atoms with E-state index in [1.54, 1.807) is 19.2 Å². The molecule has 0 aliphatic carbocycles. The average Bonchev–Trinajstić information content (AvgIpc) is 3.29. The number of likely N-dealkylation sites (tertiary alicyclic amines) is 1. The smallest absolute Gasteiger partial charge is 0.287 e. The molecule has 6 nitrogen and oxygen atoms in total. The average molecular weight is 463 g/mol. The molecule has 1 unspecified atom stereocenters. The van der Waals surface area contributed by atoms with E-state index in [0.717, 1.165) is 37.2 Å². The van der Waals surface area contributed by atoms with Crippen LogP contribution in [-0.4, -0.2) is 37.6 Å². The Morgan fingerprint density at radius 3 is 2.55 bits per heavy atom. The summed E-state index contributed by atoms with van der Waals surface area (Å²) in [6, 6.07) is 13.9. The van der Waals surface area contributed by atoms with Gasteiger partial charge >= 0.3 is 0 Å². The van der Waals surface area contributed by atoms with Crippen molar-refractivity contribution in [3.63, 3.8) is 0 Å². The lowest BCUT2D eigenvalue weighted by Crippen LogP contribution is -2.37. The highest BCUT2D eigenvalue weighted by Crippen LogP contribution is 2.26. The number of fused-ring (bicyclic) bond motifs is 1. The summed E-state index contributed by atoms with van der Waals surface area (Å²) in [4.78, 5) is 27.5. The maximum Gasteiger partial charge on any atom is 0.287 e. The lowest BCUT2D eigenvalue weighted by Gasteiger charge is -2.28. The van der Waals surface area contributed by atoms with Crippen LogP contribution in [0.1, 0.15) is 35.0 Å². The third-order valence-corrected chi connectivity index (χ3v) is 5.69. The van der Waals surface area contributed by atoms with Crippen LogP contribution in [0, 0.1) is 0 Å². The number of rotatable bonds is 6. The minimum atomic E-state index is -0.415. The summed E-state index contributed by atoms with van der Waals surface area (Å²) in [6.07, 6.45) is 2.28. The van der Waals surface area contributed by atoms with Crippen molar-refractivity contribution in [3.8, 4) is 5.75 Å². The normalized spacial score (nSPS) is 14.8. The Bertz CT molecular complexity index is 1110. The van der Waals surface area contributed by atoms with Gasteiger partial charge in [-0.3, -0.25) is 14.5 Å². The molecule has 1 aromatic heterocycles. The zero-order valence-corrected chi connectivity index (χ0v) is 18.7. The van der Waals surface area contributed by atoms with Crippen molar-refractivity contribution >= 4 is 40.9 Å². The third-order valence-electron chi connectivity index (χ3n) is 5.45. The number of halogens is 2. The Hall–Kier alpha value is -2.54. The number of nitrogens with zero attached hydrogens (tertiary/aromatic N) is 1. The highest BCUT2D eigenvalue weighted by atomic mass is 35.5. The fourth-order valence-corrected chi connectivity index (χ4v) is 4.03. The molecule has 1 atom stereocenters. The predicted octanol–water partition coefficient (Wildman–Crippen LogP) is 4.44. The van der Waals surface area contributed by atoms with Crippen molar-refractivity contribution in [2.75, 3.05) is 26.7 Å². The molecule has 1 N–H and O–H groups in total. The van der Waals surface area contributed by atoms with E-state index in [1.807, 2.05) is 24.3 Å². The predicted molar refractivity (Wildman–Crippen MR) is 124 cm³/mol. The van der Waals surface area contributed by atoms with Crippen molar-refractivity contribution in [1.29, 1.82) is 0 Å². The number of carbonyl (C=O) groups excluding carboxylic acids is 1. The molecule has 1 saturated heterocycles. The van der Waals surface area contributed by atoms with Crippen LogP contribution < -0.4 is 15.5 Å². The molecule has 1 fully saturated rings. The van der Waals surface area contributed by atoms with Crippen LogP contribution in [0.15, 0.2) is 57.7 Å². The lowest BCUT2D eigenvalue weighted by atomic mass is 10.1. The van der Waals surface area contributed by atoms with Crippen LogP contribution in [0.3, 0.4) is 0 Å². The molecule has 8 heteroatoms. The molecular weight excluding hydrogens is 439 g/mol. The number of ether oxygens (including phenoxy) is 1. The second-order valence-corrected chi connectivity index (χ2v) is 7.79. The second-order valence-electron chi connectivity index (χ2n) is 7.36. The number of benzene rings is 2. The van der Waals surface area contributed by atoms with Gasteiger partial charge in [0, 0.05) is 17.6 Å². The van der Waals surface area contributed by atoms with Gasteiger partial charge in [-0.25, -0.2) is 0 Å². The van der Waals surface area contributed by atoms with Gasteiger partial charge in [-0.1, -0.05) is 23.7 Å². The van der Waals surface area contributed by atoms with Gasteiger partial charge in [-0.05, 0) is 61.8 Å². The van der Waals surface area contributed by atoms with Gasteiger partial charge in [-0.2, -0.15) is 0 Å². The van der Waals surface area contributed by atoms with Crippen LogP contribution in [0.2, 0.25) is 5.02 Å². The van der Waals surface area contributed by atoms with E-state index in [0.29, 0.717) is 22.5 Å². The minimum Gasteiger partial charge on any atom is -0.497 e. The molecule has 0 saturated carbocycles. The molecule has 3 aromatic rings. The molecule has 0 spiro atoms. The van der Waals surface area contributed by atoms with Crippen molar-refractivity contribution in [3.05, 3.63) is 75.1 Å². The summed E-state index contributed by atoms with van der Waals surface area (Å²) in [6.45, 7) is 2.38. The van der Waals surface area contributed by atoms with Crippen molar-refractivity contribution < 1.29 is 13.9 Å². The van der Waals surface area contributed by atoms with E-state index in [1.165, 1.54) is 12.1 Å². The Morgan fingerprint density at radius 1 is 1.16 bits per heavy atom. The summed E-state index contributed by atoms with van der Waals surface area (Å²) in [7, 11) is 1.64. The topological polar surface area (TPSA) is 71.8 Å². The largest absolute Gasteiger partial charge is 0.497 e. The molecule has 0 bridgehead atoms. The molecule has 2 heterocycles. The molecule has 1 amide bonds. The van der Waals surface area contributed by atoms with Gasteiger partial charge < -0.3 is 14.5 Å². The summed E-state index contributed by atoms with van der Waals surface area (Å²) < 4.78 is 10.9. The van der Waals surface area contributed by atoms with Gasteiger partial charge in [0.2, 0.25) is 0 Å². The zero-order chi connectivity index (χ0) is 21.1. The number of amides is 1. The monoisotopic (exact) mass is 462 g/mol. The quantitative estimate of drug-likeness (QED) is 0.585. The van der Waals surface area contributed by atoms with Crippen LogP contribution in [0.4, 0.5) is 0 Å². The molecule has 164 valence electrons. The van der Waals surface area contributed by atoms with Crippen LogP contribution in [0.25, 0.3) is 11.0 Å². The first-order chi connectivity index (χ1) is 14.5. The first kappa shape index (κ1) is 23.1. The van der Waals surface area contributed by atoms with E-state index in [4.69, 9.17) is 20.8 Å². The van der Waals surface area contributed by atoms with Crippen molar-refractivity contribution in [1.82, 2.24) is 10.2 Å². The molecule has 0 radical (unpaired) electrons. The van der Waals surface area contributed by atoms with Crippen LogP contribution in [0.5, 0.6) is 5.75 Å². The van der Waals surface area contributed by atoms with Gasteiger partial charge in [-0.15, -0.1) is 12.4 Å². The lowest BCUT2D eigenvalue weighted by molar-refractivity contribution is 0.0910. The second kappa shape index (κ2) is 10.2. The maximum absolute atomic E-state index is 12.8. The van der Waals surface area contributed by atoms with E-state index in [-0.39, 0.29) is 29.6 Å². The standard InChI is InChI=1S/C23H23ClN2O4.ClH/c1-29-17-7-4-15(5-8-17)19(26-10-2-3-11-26)14-25-23(28)22-13-20(27)18-12-16(24)6-9-21(18)30-22;/h4-9,12-13,19H,2-3,10-11,14H2,1H3,(H,25,28);1H. The molecule has 2 aromatic carbocycles.